The molecule has 3 heteroatoms. The van der Waals surface area contributed by atoms with Gasteiger partial charge in [0, 0.05) is 6.54 Å². The van der Waals surface area contributed by atoms with E-state index in [2.05, 4.69) is 17.5 Å². The molecule has 0 unspecified atom stereocenters. The highest BCUT2D eigenvalue weighted by Crippen LogP contribution is 2.30. The molecule has 80 valence electrons. The van der Waals surface area contributed by atoms with Gasteiger partial charge >= 0.3 is 0 Å². The molecule has 1 heterocycles. The number of ether oxygens (including phenoxy) is 2. The number of hydrogen-bond donors (Lipinski definition) is 1. The van der Waals surface area contributed by atoms with Crippen LogP contribution in [0.3, 0.4) is 0 Å². The molecule has 0 saturated heterocycles. The van der Waals surface area contributed by atoms with E-state index in [1.165, 1.54) is 0 Å². The Bertz CT molecular complexity index is 361. The van der Waals surface area contributed by atoms with Crippen molar-refractivity contribution in [2.75, 3.05) is 26.8 Å². The predicted molar refractivity (Wildman–Crippen MR) is 60.4 cm³/mol. The summed E-state index contributed by atoms with van der Waals surface area (Å²) in [7, 11) is 1.92. The van der Waals surface area contributed by atoms with Crippen LogP contribution in [0.1, 0.15) is 5.56 Å². The lowest BCUT2D eigenvalue weighted by molar-refractivity contribution is 0.171. The van der Waals surface area contributed by atoms with Gasteiger partial charge in [0.05, 0.1) is 0 Å². The largest absolute Gasteiger partial charge is 0.486 e. The van der Waals surface area contributed by atoms with E-state index >= 15 is 0 Å². The fourth-order valence-corrected chi connectivity index (χ4v) is 1.48. The maximum atomic E-state index is 5.50. The number of rotatable bonds is 3. The van der Waals surface area contributed by atoms with Crippen molar-refractivity contribution in [2.45, 2.75) is 0 Å². The number of fused-ring (bicyclic) bond motifs is 1. The van der Waals surface area contributed by atoms with Gasteiger partial charge in [-0.05, 0) is 24.7 Å². The lowest BCUT2D eigenvalue weighted by Crippen LogP contribution is -2.15. The van der Waals surface area contributed by atoms with Crippen LogP contribution in [-0.4, -0.2) is 26.8 Å². The zero-order valence-electron chi connectivity index (χ0n) is 8.82. The predicted octanol–water partition coefficient (Wildman–Crippen LogP) is 1.69. The highest BCUT2D eigenvalue weighted by molar-refractivity contribution is 5.56. The third kappa shape index (κ3) is 2.50. The second-order valence-corrected chi connectivity index (χ2v) is 3.36. The summed E-state index contributed by atoms with van der Waals surface area (Å²) < 4.78 is 10.9. The van der Waals surface area contributed by atoms with Crippen molar-refractivity contribution in [1.82, 2.24) is 5.32 Å². The molecule has 0 atom stereocenters. The molecule has 0 aliphatic carbocycles. The molecule has 1 N–H and O–H groups in total. The summed E-state index contributed by atoms with van der Waals surface area (Å²) >= 11 is 0. The van der Waals surface area contributed by atoms with Gasteiger partial charge in [-0.2, -0.15) is 0 Å². The van der Waals surface area contributed by atoms with Crippen molar-refractivity contribution < 1.29 is 9.47 Å². The van der Waals surface area contributed by atoms with Crippen LogP contribution in [0, 0.1) is 0 Å². The van der Waals surface area contributed by atoms with Gasteiger partial charge in [0.1, 0.15) is 13.2 Å². The second-order valence-electron chi connectivity index (χ2n) is 3.36. The molecule has 1 aliphatic heterocycles. The van der Waals surface area contributed by atoms with Crippen molar-refractivity contribution in [1.29, 1.82) is 0 Å². The van der Waals surface area contributed by atoms with Gasteiger partial charge in [-0.25, -0.2) is 0 Å². The van der Waals surface area contributed by atoms with Gasteiger partial charge in [-0.3, -0.25) is 0 Å². The summed E-state index contributed by atoms with van der Waals surface area (Å²) in [6, 6.07) is 5.98. The molecule has 1 aromatic rings. The second kappa shape index (κ2) is 4.84. The molecule has 0 amide bonds. The van der Waals surface area contributed by atoms with Crippen LogP contribution in [0.5, 0.6) is 11.5 Å². The van der Waals surface area contributed by atoms with Crippen LogP contribution in [0.25, 0.3) is 6.08 Å². The van der Waals surface area contributed by atoms with E-state index in [0.29, 0.717) is 13.2 Å². The van der Waals surface area contributed by atoms with E-state index in [9.17, 15) is 0 Å². The first-order chi connectivity index (χ1) is 7.40. The Morgan fingerprint density at radius 1 is 1.27 bits per heavy atom. The van der Waals surface area contributed by atoms with E-state index in [-0.39, 0.29) is 0 Å². The van der Waals surface area contributed by atoms with Gasteiger partial charge in [-0.15, -0.1) is 0 Å². The standard InChI is InChI=1S/C12H15NO2/c1-13-6-2-3-10-4-5-11-12(9-10)15-8-7-14-11/h2-5,9,13H,6-8H2,1H3. The van der Waals surface area contributed by atoms with Crippen LogP contribution in [0.4, 0.5) is 0 Å². The molecule has 2 rings (SSSR count). The minimum Gasteiger partial charge on any atom is -0.486 e. The lowest BCUT2D eigenvalue weighted by atomic mass is 10.2. The Morgan fingerprint density at radius 2 is 2.07 bits per heavy atom. The number of nitrogens with one attached hydrogen (secondary N) is 1. The maximum absolute atomic E-state index is 5.50. The highest BCUT2D eigenvalue weighted by Gasteiger charge is 2.10. The van der Waals surface area contributed by atoms with E-state index in [0.717, 1.165) is 23.6 Å². The van der Waals surface area contributed by atoms with Crippen molar-refractivity contribution >= 4 is 6.08 Å². The number of hydrogen-bond acceptors (Lipinski definition) is 3. The molecule has 0 bridgehead atoms. The molecule has 0 saturated carbocycles. The highest BCUT2D eigenvalue weighted by atomic mass is 16.6. The molecule has 1 aromatic carbocycles. The van der Waals surface area contributed by atoms with Gasteiger partial charge < -0.3 is 14.8 Å². The van der Waals surface area contributed by atoms with Gasteiger partial charge in [0.15, 0.2) is 11.5 Å². The van der Waals surface area contributed by atoms with Gasteiger partial charge in [0.25, 0.3) is 0 Å². The summed E-state index contributed by atoms with van der Waals surface area (Å²) in [5.74, 6) is 1.68. The average Bonchev–Trinajstić information content (AvgIpc) is 2.29. The molecule has 3 nitrogen and oxygen atoms in total. The van der Waals surface area contributed by atoms with E-state index in [1.54, 1.807) is 0 Å². The zero-order chi connectivity index (χ0) is 10.5. The van der Waals surface area contributed by atoms with E-state index in [4.69, 9.17) is 9.47 Å². The Kier molecular flexibility index (Phi) is 3.25. The van der Waals surface area contributed by atoms with Gasteiger partial charge in [-0.1, -0.05) is 18.2 Å². The van der Waals surface area contributed by atoms with Crippen molar-refractivity contribution in [3.8, 4) is 11.5 Å². The molecule has 15 heavy (non-hydrogen) atoms. The molecular formula is C12H15NO2. The SMILES string of the molecule is CNCC=Cc1ccc2c(c1)OCCO2. The normalized spacial score (nSPS) is 14.5. The minimum absolute atomic E-state index is 0.636. The van der Waals surface area contributed by atoms with Crippen LogP contribution in [0.2, 0.25) is 0 Å². The monoisotopic (exact) mass is 205 g/mol. The first kappa shape index (κ1) is 10.1. The van der Waals surface area contributed by atoms with Crippen LogP contribution < -0.4 is 14.8 Å². The quantitative estimate of drug-likeness (QED) is 0.814. The third-order valence-electron chi connectivity index (χ3n) is 2.20. The fourth-order valence-electron chi connectivity index (χ4n) is 1.48. The molecule has 0 aromatic heterocycles. The topological polar surface area (TPSA) is 30.5 Å². The molecule has 0 radical (unpaired) electrons. The Morgan fingerprint density at radius 3 is 2.87 bits per heavy atom. The first-order valence-corrected chi connectivity index (χ1v) is 5.11. The van der Waals surface area contributed by atoms with Crippen molar-refractivity contribution in [3.63, 3.8) is 0 Å². The van der Waals surface area contributed by atoms with Crippen LogP contribution in [-0.2, 0) is 0 Å². The molecule has 0 fully saturated rings. The van der Waals surface area contributed by atoms with Crippen molar-refractivity contribution in [2.24, 2.45) is 0 Å². The summed E-state index contributed by atoms with van der Waals surface area (Å²) in [4.78, 5) is 0. The average molecular weight is 205 g/mol. The van der Waals surface area contributed by atoms with Crippen molar-refractivity contribution in [3.05, 3.63) is 29.8 Å². The molecular weight excluding hydrogens is 190 g/mol. The van der Waals surface area contributed by atoms with E-state index in [1.807, 2.05) is 25.2 Å². The number of likely N-dealkylation sites (N-methyl/N-ethyl adjacent to an activating group) is 1. The molecule has 1 aliphatic rings. The maximum Gasteiger partial charge on any atom is 0.161 e. The lowest BCUT2D eigenvalue weighted by Gasteiger charge is -2.18. The van der Waals surface area contributed by atoms with Crippen LogP contribution in [0.15, 0.2) is 24.3 Å². The first-order valence-electron chi connectivity index (χ1n) is 5.11. The summed E-state index contributed by atoms with van der Waals surface area (Å²) in [6.07, 6.45) is 4.14. The third-order valence-corrected chi connectivity index (χ3v) is 2.20. The van der Waals surface area contributed by atoms with Gasteiger partial charge in [0.2, 0.25) is 0 Å². The fraction of sp³-hybridized carbons (Fsp3) is 0.333. The summed E-state index contributed by atoms with van der Waals surface area (Å²) in [6.45, 7) is 2.15. The van der Waals surface area contributed by atoms with E-state index < -0.39 is 0 Å². The zero-order valence-corrected chi connectivity index (χ0v) is 8.82. The Balaban J connectivity index is 2.13. The minimum atomic E-state index is 0.636. The molecule has 0 spiro atoms. The Labute approximate surface area is 89.7 Å². The smallest absolute Gasteiger partial charge is 0.161 e. The number of benzene rings is 1. The summed E-state index contributed by atoms with van der Waals surface area (Å²) in [5, 5.41) is 3.06. The van der Waals surface area contributed by atoms with Crippen LogP contribution >= 0.6 is 0 Å². The Hall–Kier alpha value is -1.48. The summed E-state index contributed by atoms with van der Waals surface area (Å²) in [5.41, 5.74) is 1.13.